The number of ether oxygens (including phenoxy) is 1. The Kier molecular flexibility index (Phi) is 5.67. The van der Waals surface area contributed by atoms with Crippen molar-refractivity contribution in [3.63, 3.8) is 0 Å². The van der Waals surface area contributed by atoms with Gasteiger partial charge in [0.05, 0.1) is 6.10 Å². The molecule has 1 aliphatic rings. The van der Waals surface area contributed by atoms with Crippen molar-refractivity contribution in [2.75, 3.05) is 26.2 Å². The van der Waals surface area contributed by atoms with Gasteiger partial charge < -0.3 is 9.84 Å². The van der Waals surface area contributed by atoms with E-state index in [4.69, 9.17) is 4.74 Å². The fraction of sp³-hybridized carbons (Fsp3) is 0.625. The van der Waals surface area contributed by atoms with E-state index in [9.17, 15) is 5.11 Å². The summed E-state index contributed by atoms with van der Waals surface area (Å²) >= 11 is 0. The molecular weight excluding hydrogens is 238 g/mol. The summed E-state index contributed by atoms with van der Waals surface area (Å²) < 4.78 is 5.86. The normalized spacial score (nSPS) is 18.2. The van der Waals surface area contributed by atoms with Crippen molar-refractivity contribution < 1.29 is 9.84 Å². The quantitative estimate of drug-likeness (QED) is 0.856. The second-order valence-electron chi connectivity index (χ2n) is 5.21. The van der Waals surface area contributed by atoms with Crippen LogP contribution in [0.5, 0.6) is 5.75 Å². The molecule has 0 aliphatic carbocycles. The zero-order valence-corrected chi connectivity index (χ0v) is 11.8. The molecule has 0 spiro atoms. The maximum absolute atomic E-state index is 9.97. The predicted molar refractivity (Wildman–Crippen MR) is 77.5 cm³/mol. The van der Waals surface area contributed by atoms with Crippen LogP contribution in [0.25, 0.3) is 0 Å². The minimum atomic E-state index is -0.425. The third-order valence-electron chi connectivity index (χ3n) is 3.78. The van der Waals surface area contributed by atoms with Crippen LogP contribution in [0, 0.1) is 0 Å². The summed E-state index contributed by atoms with van der Waals surface area (Å²) in [5.74, 6) is 0.828. The van der Waals surface area contributed by atoms with Crippen LogP contribution < -0.4 is 4.74 Å². The molecule has 0 radical (unpaired) electrons. The largest absolute Gasteiger partial charge is 0.492 e. The van der Waals surface area contributed by atoms with Crippen molar-refractivity contribution in [2.24, 2.45) is 0 Å². The van der Waals surface area contributed by atoms with Gasteiger partial charge in [0, 0.05) is 12.1 Å². The number of para-hydroxylation sites is 1. The fourth-order valence-electron chi connectivity index (χ4n) is 2.57. The summed E-state index contributed by atoms with van der Waals surface area (Å²) in [6.45, 7) is 6.06. The molecule has 1 aromatic rings. The molecule has 0 bridgehead atoms. The average Bonchev–Trinajstić information content (AvgIpc) is 2.48. The van der Waals surface area contributed by atoms with Crippen molar-refractivity contribution >= 4 is 0 Å². The van der Waals surface area contributed by atoms with Gasteiger partial charge in [0.1, 0.15) is 12.4 Å². The summed E-state index contributed by atoms with van der Waals surface area (Å²) in [6, 6.07) is 7.81. The van der Waals surface area contributed by atoms with Gasteiger partial charge in [0.25, 0.3) is 0 Å². The zero-order valence-electron chi connectivity index (χ0n) is 11.8. The maximum Gasteiger partial charge on any atom is 0.125 e. The molecule has 1 N–H and O–H groups in total. The Balaban J connectivity index is 1.84. The van der Waals surface area contributed by atoms with Gasteiger partial charge in [-0.3, -0.25) is 4.90 Å². The van der Waals surface area contributed by atoms with Crippen molar-refractivity contribution in [1.29, 1.82) is 0 Å². The summed E-state index contributed by atoms with van der Waals surface area (Å²) in [5.41, 5.74) is 0.906. The third kappa shape index (κ3) is 4.22. The van der Waals surface area contributed by atoms with Crippen LogP contribution in [-0.2, 0) is 0 Å². The molecule has 0 unspecified atom stereocenters. The fourth-order valence-corrected chi connectivity index (χ4v) is 2.57. The SMILES string of the molecule is CC[C@H](O)c1ccccc1OCCN1CCCCC1. The molecule has 0 aromatic heterocycles. The first-order chi connectivity index (χ1) is 9.31. The Morgan fingerprint density at radius 2 is 1.95 bits per heavy atom. The summed E-state index contributed by atoms with van der Waals surface area (Å²) in [7, 11) is 0. The number of hydrogen-bond acceptors (Lipinski definition) is 3. The minimum Gasteiger partial charge on any atom is -0.492 e. The summed E-state index contributed by atoms with van der Waals surface area (Å²) in [5, 5.41) is 9.97. The Labute approximate surface area is 116 Å². The van der Waals surface area contributed by atoms with Gasteiger partial charge in [-0.2, -0.15) is 0 Å². The van der Waals surface area contributed by atoms with Gasteiger partial charge in [0.2, 0.25) is 0 Å². The molecule has 106 valence electrons. The number of hydrogen-bond donors (Lipinski definition) is 1. The lowest BCUT2D eigenvalue weighted by Gasteiger charge is -2.26. The van der Waals surface area contributed by atoms with Gasteiger partial charge >= 0.3 is 0 Å². The first-order valence-corrected chi connectivity index (χ1v) is 7.43. The molecule has 0 amide bonds. The van der Waals surface area contributed by atoms with E-state index >= 15 is 0 Å². The number of benzene rings is 1. The second-order valence-corrected chi connectivity index (χ2v) is 5.21. The highest BCUT2D eigenvalue weighted by Gasteiger charge is 2.12. The van der Waals surface area contributed by atoms with E-state index in [1.54, 1.807) is 0 Å². The van der Waals surface area contributed by atoms with Gasteiger partial charge in [0.15, 0.2) is 0 Å². The Hall–Kier alpha value is -1.06. The van der Waals surface area contributed by atoms with Crippen LogP contribution >= 0.6 is 0 Å². The highest BCUT2D eigenvalue weighted by atomic mass is 16.5. The zero-order chi connectivity index (χ0) is 13.5. The molecule has 1 aromatic carbocycles. The van der Waals surface area contributed by atoms with Crippen LogP contribution in [-0.4, -0.2) is 36.2 Å². The number of rotatable bonds is 6. The van der Waals surface area contributed by atoms with E-state index in [1.165, 1.54) is 32.4 Å². The second kappa shape index (κ2) is 7.51. The van der Waals surface area contributed by atoms with Gasteiger partial charge in [-0.15, -0.1) is 0 Å². The van der Waals surface area contributed by atoms with Crippen LogP contribution in [0.4, 0.5) is 0 Å². The van der Waals surface area contributed by atoms with Crippen LogP contribution in [0.3, 0.4) is 0 Å². The Morgan fingerprint density at radius 3 is 2.68 bits per heavy atom. The molecule has 2 rings (SSSR count). The highest BCUT2D eigenvalue weighted by molar-refractivity contribution is 5.34. The van der Waals surface area contributed by atoms with Crippen molar-refractivity contribution in [2.45, 2.75) is 38.7 Å². The van der Waals surface area contributed by atoms with Crippen molar-refractivity contribution in [3.05, 3.63) is 29.8 Å². The van der Waals surface area contributed by atoms with Crippen molar-refractivity contribution in [3.8, 4) is 5.75 Å². The highest BCUT2D eigenvalue weighted by Crippen LogP contribution is 2.26. The van der Waals surface area contributed by atoms with Gasteiger partial charge in [-0.25, -0.2) is 0 Å². The van der Waals surface area contributed by atoms with Crippen LogP contribution in [0.1, 0.15) is 44.3 Å². The van der Waals surface area contributed by atoms with E-state index in [0.717, 1.165) is 17.9 Å². The Bertz CT molecular complexity index is 375. The molecular formula is C16H25NO2. The molecule has 1 fully saturated rings. The van der Waals surface area contributed by atoms with E-state index in [1.807, 2.05) is 31.2 Å². The first-order valence-electron chi connectivity index (χ1n) is 7.43. The van der Waals surface area contributed by atoms with E-state index in [2.05, 4.69) is 4.90 Å². The molecule has 0 saturated carbocycles. The van der Waals surface area contributed by atoms with Gasteiger partial charge in [-0.05, 0) is 38.4 Å². The number of likely N-dealkylation sites (tertiary alicyclic amines) is 1. The van der Waals surface area contributed by atoms with Crippen molar-refractivity contribution in [1.82, 2.24) is 4.90 Å². The topological polar surface area (TPSA) is 32.7 Å². The van der Waals surface area contributed by atoms with E-state index < -0.39 is 6.10 Å². The number of aliphatic hydroxyl groups is 1. The van der Waals surface area contributed by atoms with E-state index in [0.29, 0.717) is 13.0 Å². The smallest absolute Gasteiger partial charge is 0.125 e. The van der Waals surface area contributed by atoms with Crippen LogP contribution in [0.15, 0.2) is 24.3 Å². The van der Waals surface area contributed by atoms with Gasteiger partial charge in [-0.1, -0.05) is 31.5 Å². The number of nitrogens with zero attached hydrogens (tertiary/aromatic N) is 1. The number of aliphatic hydroxyl groups excluding tert-OH is 1. The first kappa shape index (κ1) is 14.4. The molecule has 1 saturated heterocycles. The molecule has 1 atom stereocenters. The molecule has 19 heavy (non-hydrogen) atoms. The summed E-state index contributed by atoms with van der Waals surface area (Å²) in [4.78, 5) is 2.46. The maximum atomic E-state index is 9.97. The number of piperidine rings is 1. The lowest BCUT2D eigenvalue weighted by atomic mass is 10.1. The molecule has 3 heteroatoms. The molecule has 1 heterocycles. The molecule has 3 nitrogen and oxygen atoms in total. The standard InChI is InChI=1S/C16H25NO2/c1-2-15(18)14-8-4-5-9-16(14)19-13-12-17-10-6-3-7-11-17/h4-5,8-9,15,18H,2-3,6-7,10-13H2,1H3/t15-/m0/s1. The summed E-state index contributed by atoms with van der Waals surface area (Å²) in [6.07, 6.45) is 4.28. The van der Waals surface area contributed by atoms with Crippen LogP contribution in [0.2, 0.25) is 0 Å². The van der Waals surface area contributed by atoms with E-state index in [-0.39, 0.29) is 0 Å². The minimum absolute atomic E-state index is 0.425. The lowest BCUT2D eigenvalue weighted by molar-refractivity contribution is 0.158. The molecule has 1 aliphatic heterocycles. The average molecular weight is 263 g/mol. The Morgan fingerprint density at radius 1 is 1.21 bits per heavy atom. The lowest BCUT2D eigenvalue weighted by Crippen LogP contribution is -2.33. The third-order valence-corrected chi connectivity index (χ3v) is 3.78. The monoisotopic (exact) mass is 263 g/mol. The predicted octanol–water partition coefficient (Wildman–Crippen LogP) is 2.99.